The van der Waals surface area contributed by atoms with Gasteiger partial charge in [0.15, 0.2) is 16.3 Å². The summed E-state index contributed by atoms with van der Waals surface area (Å²) in [7, 11) is 1.57. The first kappa shape index (κ1) is 24.9. The van der Waals surface area contributed by atoms with E-state index in [4.69, 9.17) is 14.2 Å². The third kappa shape index (κ3) is 4.83. The fourth-order valence-corrected chi connectivity index (χ4v) is 5.62. The van der Waals surface area contributed by atoms with Gasteiger partial charge in [-0.1, -0.05) is 41.7 Å². The summed E-state index contributed by atoms with van der Waals surface area (Å²) in [5.74, 6) is 0.687. The van der Waals surface area contributed by atoms with E-state index in [1.165, 1.54) is 11.3 Å². The monoisotopic (exact) mass is 556 g/mol. The van der Waals surface area contributed by atoms with Crippen LogP contribution < -0.4 is 24.4 Å². The van der Waals surface area contributed by atoms with Gasteiger partial charge in [-0.05, 0) is 66.0 Å². The number of esters is 1. The predicted octanol–water partition coefficient (Wildman–Crippen LogP) is 3.97. The van der Waals surface area contributed by atoms with Crippen molar-refractivity contribution in [2.24, 2.45) is 4.99 Å². The van der Waals surface area contributed by atoms with E-state index in [-0.39, 0.29) is 12.2 Å². The first-order valence-corrected chi connectivity index (χ1v) is 12.7. The van der Waals surface area contributed by atoms with Crippen LogP contribution in [0.2, 0.25) is 0 Å². The quantitative estimate of drug-likeness (QED) is 0.411. The molecule has 4 rings (SSSR count). The highest BCUT2D eigenvalue weighted by molar-refractivity contribution is 9.10. The predicted molar refractivity (Wildman–Crippen MR) is 139 cm³/mol. The van der Waals surface area contributed by atoms with Crippen molar-refractivity contribution in [2.45, 2.75) is 26.8 Å². The van der Waals surface area contributed by atoms with Crippen LogP contribution in [0.5, 0.6) is 11.5 Å². The molecule has 0 unspecified atom stereocenters. The van der Waals surface area contributed by atoms with Gasteiger partial charge in [-0.25, -0.2) is 9.79 Å². The summed E-state index contributed by atoms with van der Waals surface area (Å²) >= 11 is 4.81. The number of thiazole rings is 1. The summed E-state index contributed by atoms with van der Waals surface area (Å²) in [6.45, 7) is 6.15. The zero-order valence-corrected chi connectivity index (χ0v) is 22.2. The van der Waals surface area contributed by atoms with Crippen LogP contribution in [0, 0.1) is 0 Å². The van der Waals surface area contributed by atoms with Gasteiger partial charge in [0.25, 0.3) is 5.56 Å². The van der Waals surface area contributed by atoms with Crippen LogP contribution in [0.4, 0.5) is 0 Å². The van der Waals surface area contributed by atoms with Crippen molar-refractivity contribution in [1.82, 2.24) is 4.57 Å². The molecule has 0 amide bonds. The average Bonchev–Trinajstić information content (AvgIpc) is 3.14. The molecule has 9 heteroatoms. The molecule has 1 aromatic heterocycles. The summed E-state index contributed by atoms with van der Waals surface area (Å²) in [6.07, 6.45) is 1.79. The number of aromatic nitrogens is 1. The van der Waals surface area contributed by atoms with Gasteiger partial charge >= 0.3 is 5.97 Å². The van der Waals surface area contributed by atoms with Gasteiger partial charge in [-0.3, -0.25) is 9.36 Å². The highest BCUT2D eigenvalue weighted by Gasteiger charge is 2.33. The molecule has 1 atom stereocenters. The molecule has 0 saturated heterocycles. The van der Waals surface area contributed by atoms with Crippen LogP contribution in [0.1, 0.15) is 37.9 Å². The highest BCUT2D eigenvalue weighted by Crippen LogP contribution is 2.37. The maximum Gasteiger partial charge on any atom is 0.338 e. The Balaban J connectivity index is 1.91. The lowest BCUT2D eigenvalue weighted by molar-refractivity contribution is -0.139. The van der Waals surface area contributed by atoms with E-state index >= 15 is 0 Å². The molecule has 7 nitrogen and oxygen atoms in total. The molecule has 35 heavy (non-hydrogen) atoms. The summed E-state index contributed by atoms with van der Waals surface area (Å²) in [4.78, 5) is 31.7. The third-order valence-electron chi connectivity index (χ3n) is 5.47. The fourth-order valence-electron chi connectivity index (χ4n) is 4.00. The van der Waals surface area contributed by atoms with Crippen molar-refractivity contribution < 1.29 is 19.0 Å². The molecule has 0 saturated carbocycles. The number of rotatable bonds is 7. The molecule has 0 aliphatic carbocycles. The lowest BCUT2D eigenvalue weighted by atomic mass is 9.96. The molecule has 2 heterocycles. The molecule has 0 spiro atoms. The van der Waals surface area contributed by atoms with Crippen LogP contribution in [0.25, 0.3) is 6.08 Å². The van der Waals surface area contributed by atoms with Crippen molar-refractivity contribution in [3.63, 3.8) is 0 Å². The minimum absolute atomic E-state index is 0.232. The number of halogens is 1. The van der Waals surface area contributed by atoms with E-state index in [1.54, 1.807) is 31.6 Å². The minimum atomic E-state index is -0.629. The Kier molecular flexibility index (Phi) is 7.57. The molecule has 182 valence electrons. The van der Waals surface area contributed by atoms with Gasteiger partial charge in [0.05, 0.1) is 46.6 Å². The smallest absolute Gasteiger partial charge is 0.338 e. The number of ether oxygens (including phenoxy) is 3. The number of hydrogen-bond donors (Lipinski definition) is 0. The SMILES string of the molecule is CCOC(=O)C1=C(C)N=c2s/c(=C\c3cc(Br)c(OCC)c(OC)c3)c(=O)n2[C@@H]1c1ccccc1. The van der Waals surface area contributed by atoms with Crippen molar-refractivity contribution in [3.05, 3.63) is 89.0 Å². The third-order valence-corrected chi connectivity index (χ3v) is 7.04. The summed E-state index contributed by atoms with van der Waals surface area (Å²) in [5.41, 5.74) is 2.24. The van der Waals surface area contributed by atoms with Gasteiger partial charge < -0.3 is 14.2 Å². The normalized spacial score (nSPS) is 15.5. The van der Waals surface area contributed by atoms with Gasteiger partial charge in [-0.15, -0.1) is 0 Å². The van der Waals surface area contributed by atoms with Gasteiger partial charge in [0, 0.05) is 0 Å². The standard InChI is InChI=1S/C26H25BrN2O5S/c1-5-33-23-18(27)12-16(13-19(23)32-4)14-20-24(30)29-22(17-10-8-7-9-11-17)21(25(31)34-6-2)15(3)28-26(29)35-20/h7-14,22H,5-6H2,1-4H3/b20-14-/t22-/m1/s1. The lowest BCUT2D eigenvalue weighted by Crippen LogP contribution is -2.39. The molecule has 0 bridgehead atoms. The number of fused-ring (bicyclic) bond motifs is 1. The van der Waals surface area contributed by atoms with E-state index < -0.39 is 12.0 Å². The zero-order valence-electron chi connectivity index (χ0n) is 19.8. The number of carbonyl (C=O) groups is 1. The number of hydrogen-bond acceptors (Lipinski definition) is 7. The van der Waals surface area contributed by atoms with E-state index in [1.807, 2.05) is 49.4 Å². The second kappa shape index (κ2) is 10.6. The van der Waals surface area contributed by atoms with Gasteiger partial charge in [-0.2, -0.15) is 0 Å². The van der Waals surface area contributed by atoms with E-state index in [9.17, 15) is 9.59 Å². The van der Waals surface area contributed by atoms with Gasteiger partial charge in [0.1, 0.15) is 0 Å². The van der Waals surface area contributed by atoms with Crippen molar-refractivity contribution in [1.29, 1.82) is 0 Å². The highest BCUT2D eigenvalue weighted by atomic mass is 79.9. The van der Waals surface area contributed by atoms with Crippen LogP contribution in [0.3, 0.4) is 0 Å². The summed E-state index contributed by atoms with van der Waals surface area (Å²) < 4.78 is 19.3. The van der Waals surface area contributed by atoms with Crippen molar-refractivity contribution in [3.8, 4) is 11.5 Å². The second-order valence-corrected chi connectivity index (χ2v) is 9.54. The number of methoxy groups -OCH3 is 1. The zero-order chi connectivity index (χ0) is 25.1. The van der Waals surface area contributed by atoms with Crippen LogP contribution in [-0.2, 0) is 9.53 Å². The average molecular weight is 557 g/mol. The number of allylic oxidation sites excluding steroid dienone is 1. The largest absolute Gasteiger partial charge is 0.493 e. The molecular weight excluding hydrogens is 532 g/mol. The number of carbonyl (C=O) groups excluding carboxylic acids is 1. The minimum Gasteiger partial charge on any atom is -0.493 e. The van der Waals surface area contributed by atoms with Crippen LogP contribution >= 0.6 is 27.3 Å². The number of benzene rings is 2. The molecule has 2 aromatic carbocycles. The Morgan fingerprint density at radius 2 is 1.94 bits per heavy atom. The Bertz CT molecular complexity index is 1470. The van der Waals surface area contributed by atoms with Crippen molar-refractivity contribution >= 4 is 39.3 Å². The molecule has 0 radical (unpaired) electrons. The maximum absolute atomic E-state index is 13.7. The van der Waals surface area contributed by atoms with E-state index in [2.05, 4.69) is 20.9 Å². The Hall–Kier alpha value is -3.17. The molecule has 1 aliphatic heterocycles. The lowest BCUT2D eigenvalue weighted by Gasteiger charge is -2.24. The molecular formula is C26H25BrN2O5S. The Morgan fingerprint density at radius 3 is 2.60 bits per heavy atom. The van der Waals surface area contributed by atoms with E-state index in [0.717, 1.165) is 15.6 Å². The summed E-state index contributed by atoms with van der Waals surface area (Å²) in [5, 5.41) is 0. The topological polar surface area (TPSA) is 79.1 Å². The van der Waals surface area contributed by atoms with Gasteiger partial charge in [0.2, 0.25) is 0 Å². The number of nitrogens with zero attached hydrogens (tertiary/aromatic N) is 2. The molecule has 0 N–H and O–H groups in total. The van der Waals surface area contributed by atoms with E-state index in [0.29, 0.717) is 38.7 Å². The first-order valence-electron chi connectivity index (χ1n) is 11.1. The Labute approximate surface area is 215 Å². The molecule has 0 fully saturated rings. The van der Waals surface area contributed by atoms with Crippen molar-refractivity contribution in [2.75, 3.05) is 20.3 Å². The summed E-state index contributed by atoms with van der Waals surface area (Å²) in [6, 6.07) is 12.5. The molecule has 1 aliphatic rings. The second-order valence-electron chi connectivity index (χ2n) is 7.68. The Morgan fingerprint density at radius 1 is 1.20 bits per heavy atom. The molecule has 3 aromatic rings. The maximum atomic E-state index is 13.7. The van der Waals surface area contributed by atoms with Crippen LogP contribution in [-0.4, -0.2) is 30.9 Å². The van der Waals surface area contributed by atoms with Crippen LogP contribution in [0.15, 0.2) is 68.0 Å². The first-order chi connectivity index (χ1) is 16.9. The fraction of sp³-hybridized carbons (Fsp3) is 0.269.